The summed E-state index contributed by atoms with van der Waals surface area (Å²) >= 11 is 0. The summed E-state index contributed by atoms with van der Waals surface area (Å²) in [4.78, 5) is 8.57. The van der Waals surface area contributed by atoms with E-state index in [4.69, 9.17) is 0 Å². The van der Waals surface area contributed by atoms with Crippen molar-refractivity contribution in [2.75, 3.05) is 17.2 Å². The second kappa shape index (κ2) is 6.57. The van der Waals surface area contributed by atoms with Gasteiger partial charge in [0.25, 0.3) is 0 Å². The quantitative estimate of drug-likeness (QED) is 0.872. The molecule has 3 rings (SSSR count). The predicted molar refractivity (Wildman–Crippen MR) is 87.2 cm³/mol. The average Bonchev–Trinajstić information content (AvgIpc) is 2.54. The van der Waals surface area contributed by atoms with Crippen molar-refractivity contribution in [3.8, 4) is 0 Å². The van der Waals surface area contributed by atoms with Crippen LogP contribution >= 0.6 is 0 Å². The van der Waals surface area contributed by atoms with Crippen LogP contribution in [0.1, 0.15) is 37.3 Å². The summed E-state index contributed by atoms with van der Waals surface area (Å²) in [5.41, 5.74) is 4.11. The van der Waals surface area contributed by atoms with E-state index >= 15 is 0 Å². The molecular weight excluding hydrogens is 260 g/mol. The summed E-state index contributed by atoms with van der Waals surface area (Å²) in [6.45, 7) is 3.07. The van der Waals surface area contributed by atoms with Gasteiger partial charge in [-0.1, -0.05) is 19.1 Å². The molecule has 0 aliphatic heterocycles. The van der Waals surface area contributed by atoms with Gasteiger partial charge in [0.05, 0.1) is 0 Å². The molecular formula is C17H22N4. The first kappa shape index (κ1) is 13.9. The number of benzene rings is 1. The summed E-state index contributed by atoms with van der Waals surface area (Å²) in [6.07, 6.45) is 7.62. The molecule has 0 saturated carbocycles. The molecule has 0 fully saturated rings. The lowest BCUT2D eigenvalue weighted by atomic mass is 9.90. The Bertz CT molecular complexity index is 609. The smallest absolute Gasteiger partial charge is 0.135 e. The second-order valence-corrected chi connectivity index (χ2v) is 5.49. The predicted octanol–water partition coefficient (Wildman–Crippen LogP) is 3.92. The van der Waals surface area contributed by atoms with Crippen LogP contribution < -0.4 is 10.6 Å². The largest absolute Gasteiger partial charge is 0.370 e. The molecule has 1 aromatic heterocycles. The molecule has 0 bridgehead atoms. The average molecular weight is 282 g/mol. The van der Waals surface area contributed by atoms with Crippen molar-refractivity contribution in [2.24, 2.45) is 0 Å². The van der Waals surface area contributed by atoms with Crippen LogP contribution in [-0.2, 0) is 12.8 Å². The topological polar surface area (TPSA) is 49.8 Å². The van der Waals surface area contributed by atoms with Gasteiger partial charge in [0, 0.05) is 18.3 Å². The van der Waals surface area contributed by atoms with Crippen LogP contribution in [0.3, 0.4) is 0 Å². The standard InChI is InChI=1S/C17H22N4/c1-2-10-18-16-11-17(20-12-19-16)21-15-9-5-7-13-6-3-4-8-14(13)15/h5,7,9,11-12H,2-4,6,8,10H2,1H3,(H2,18,19,20,21). The highest BCUT2D eigenvalue weighted by molar-refractivity contribution is 5.64. The Morgan fingerprint density at radius 1 is 1.10 bits per heavy atom. The van der Waals surface area contributed by atoms with E-state index in [-0.39, 0.29) is 0 Å². The van der Waals surface area contributed by atoms with E-state index in [9.17, 15) is 0 Å². The summed E-state index contributed by atoms with van der Waals surface area (Å²) in [6, 6.07) is 8.49. The number of aryl methyl sites for hydroxylation is 1. The van der Waals surface area contributed by atoms with E-state index in [1.807, 2.05) is 6.07 Å². The zero-order valence-corrected chi connectivity index (χ0v) is 12.5. The fourth-order valence-electron chi connectivity index (χ4n) is 2.81. The zero-order chi connectivity index (χ0) is 14.5. The normalized spacial score (nSPS) is 13.6. The Labute approximate surface area is 126 Å². The number of nitrogens with zero attached hydrogens (tertiary/aromatic N) is 2. The highest BCUT2D eigenvalue weighted by Gasteiger charge is 2.13. The van der Waals surface area contributed by atoms with E-state index in [2.05, 4.69) is 45.7 Å². The van der Waals surface area contributed by atoms with Crippen LogP contribution in [0.25, 0.3) is 0 Å². The third-order valence-corrected chi connectivity index (χ3v) is 3.88. The van der Waals surface area contributed by atoms with Crippen LogP contribution in [0.5, 0.6) is 0 Å². The maximum Gasteiger partial charge on any atom is 0.135 e. The first-order chi connectivity index (χ1) is 10.4. The summed E-state index contributed by atoms with van der Waals surface area (Å²) in [5.74, 6) is 1.72. The molecule has 1 heterocycles. The molecule has 0 saturated heterocycles. The van der Waals surface area contributed by atoms with Gasteiger partial charge in [0.2, 0.25) is 0 Å². The van der Waals surface area contributed by atoms with Gasteiger partial charge < -0.3 is 10.6 Å². The van der Waals surface area contributed by atoms with Crippen molar-refractivity contribution in [3.63, 3.8) is 0 Å². The van der Waals surface area contributed by atoms with Gasteiger partial charge in [-0.15, -0.1) is 0 Å². The fraction of sp³-hybridized carbons (Fsp3) is 0.412. The van der Waals surface area contributed by atoms with Crippen LogP contribution in [0.15, 0.2) is 30.6 Å². The Balaban J connectivity index is 1.80. The van der Waals surface area contributed by atoms with Crippen LogP contribution in [0, 0.1) is 0 Å². The van der Waals surface area contributed by atoms with E-state index in [0.29, 0.717) is 0 Å². The maximum absolute atomic E-state index is 4.33. The van der Waals surface area contributed by atoms with Crippen LogP contribution in [0.2, 0.25) is 0 Å². The molecule has 1 aliphatic carbocycles. The summed E-state index contributed by atoms with van der Waals surface area (Å²) < 4.78 is 0. The highest BCUT2D eigenvalue weighted by atomic mass is 15.1. The van der Waals surface area contributed by atoms with Gasteiger partial charge in [-0.3, -0.25) is 0 Å². The van der Waals surface area contributed by atoms with Gasteiger partial charge in [-0.2, -0.15) is 0 Å². The van der Waals surface area contributed by atoms with Crippen LogP contribution in [-0.4, -0.2) is 16.5 Å². The molecule has 21 heavy (non-hydrogen) atoms. The number of anilines is 3. The molecule has 4 nitrogen and oxygen atoms in total. The molecule has 0 amide bonds. The Morgan fingerprint density at radius 2 is 1.95 bits per heavy atom. The number of nitrogens with one attached hydrogen (secondary N) is 2. The lowest BCUT2D eigenvalue weighted by Crippen LogP contribution is -2.07. The van der Waals surface area contributed by atoms with E-state index < -0.39 is 0 Å². The summed E-state index contributed by atoms with van der Waals surface area (Å²) in [7, 11) is 0. The van der Waals surface area contributed by atoms with Crippen molar-refractivity contribution in [3.05, 3.63) is 41.7 Å². The monoisotopic (exact) mass is 282 g/mol. The van der Waals surface area contributed by atoms with Crippen molar-refractivity contribution in [1.29, 1.82) is 0 Å². The molecule has 4 heteroatoms. The van der Waals surface area contributed by atoms with Gasteiger partial charge in [-0.25, -0.2) is 9.97 Å². The van der Waals surface area contributed by atoms with Crippen LogP contribution in [0.4, 0.5) is 17.3 Å². The maximum atomic E-state index is 4.33. The van der Waals surface area contributed by atoms with E-state index in [1.165, 1.54) is 36.1 Å². The lowest BCUT2D eigenvalue weighted by molar-refractivity contribution is 0.687. The van der Waals surface area contributed by atoms with Crippen molar-refractivity contribution in [2.45, 2.75) is 39.0 Å². The number of rotatable bonds is 5. The fourth-order valence-corrected chi connectivity index (χ4v) is 2.81. The first-order valence-corrected chi connectivity index (χ1v) is 7.80. The van der Waals surface area contributed by atoms with E-state index in [1.54, 1.807) is 6.33 Å². The molecule has 1 aromatic carbocycles. The second-order valence-electron chi connectivity index (χ2n) is 5.49. The van der Waals surface area contributed by atoms with Crippen molar-refractivity contribution < 1.29 is 0 Å². The molecule has 2 aromatic rings. The van der Waals surface area contributed by atoms with Crippen molar-refractivity contribution in [1.82, 2.24) is 9.97 Å². The van der Waals surface area contributed by atoms with Gasteiger partial charge in [0.15, 0.2) is 0 Å². The minimum Gasteiger partial charge on any atom is -0.370 e. The lowest BCUT2D eigenvalue weighted by Gasteiger charge is -2.20. The molecule has 1 aliphatic rings. The molecule has 0 spiro atoms. The first-order valence-electron chi connectivity index (χ1n) is 7.80. The third kappa shape index (κ3) is 3.32. The molecule has 2 N–H and O–H groups in total. The molecule has 0 unspecified atom stereocenters. The number of aromatic nitrogens is 2. The highest BCUT2D eigenvalue weighted by Crippen LogP contribution is 2.29. The number of fused-ring (bicyclic) bond motifs is 1. The number of hydrogen-bond donors (Lipinski definition) is 2. The third-order valence-electron chi connectivity index (χ3n) is 3.88. The zero-order valence-electron chi connectivity index (χ0n) is 12.5. The van der Waals surface area contributed by atoms with Gasteiger partial charge in [0.1, 0.15) is 18.0 Å². The Kier molecular flexibility index (Phi) is 4.34. The number of hydrogen-bond acceptors (Lipinski definition) is 4. The molecule has 0 atom stereocenters. The summed E-state index contributed by atoms with van der Waals surface area (Å²) in [5, 5.41) is 6.75. The Morgan fingerprint density at radius 3 is 2.86 bits per heavy atom. The van der Waals surface area contributed by atoms with Crippen molar-refractivity contribution >= 4 is 17.3 Å². The van der Waals surface area contributed by atoms with E-state index in [0.717, 1.165) is 31.0 Å². The van der Waals surface area contributed by atoms with Gasteiger partial charge >= 0.3 is 0 Å². The SMILES string of the molecule is CCCNc1cc(Nc2cccc3c2CCCC3)ncn1. The minimum atomic E-state index is 0.850. The minimum absolute atomic E-state index is 0.850. The Hall–Kier alpha value is -2.10. The molecule has 0 radical (unpaired) electrons. The molecule has 110 valence electrons. The van der Waals surface area contributed by atoms with Gasteiger partial charge in [-0.05, 0) is 49.3 Å².